The Labute approximate surface area is 81.1 Å². The van der Waals surface area contributed by atoms with Crippen LogP contribution in [0.1, 0.15) is 6.42 Å². The average Bonchev–Trinajstić information content (AvgIpc) is 2.51. The summed E-state index contributed by atoms with van der Waals surface area (Å²) >= 11 is 0. The fourth-order valence-corrected chi connectivity index (χ4v) is 0.818. The van der Waals surface area contributed by atoms with E-state index < -0.39 is 0 Å². The molecule has 0 bridgehead atoms. The van der Waals surface area contributed by atoms with Crippen molar-refractivity contribution in [3.8, 4) is 0 Å². The first-order valence-electron chi connectivity index (χ1n) is 4.26. The molecule has 0 aromatic carbocycles. The summed E-state index contributed by atoms with van der Waals surface area (Å²) in [5.74, 6) is -0.516. The lowest BCUT2D eigenvalue weighted by molar-refractivity contribution is -0.145. The van der Waals surface area contributed by atoms with Gasteiger partial charge in [0.25, 0.3) is 0 Å². The van der Waals surface area contributed by atoms with E-state index >= 15 is 0 Å². The smallest absolute Gasteiger partial charge is 0.334 e. The van der Waals surface area contributed by atoms with Gasteiger partial charge in [-0.2, -0.15) is 0 Å². The van der Waals surface area contributed by atoms with Gasteiger partial charge in [-0.1, -0.05) is 0 Å². The van der Waals surface area contributed by atoms with Crippen LogP contribution in [0.25, 0.3) is 0 Å². The summed E-state index contributed by atoms with van der Waals surface area (Å²) in [7, 11) is 0. The lowest BCUT2D eigenvalue weighted by Crippen LogP contribution is -2.07. The van der Waals surface area contributed by atoms with E-state index in [-0.39, 0.29) is 31.9 Å². The summed E-state index contributed by atoms with van der Waals surface area (Å²) in [5.41, 5.74) is 0. The van der Waals surface area contributed by atoms with E-state index in [4.69, 9.17) is 4.74 Å². The minimum absolute atomic E-state index is 0.125. The molecule has 2 heterocycles. The fraction of sp³-hybridized carbons (Fsp3) is 0.750. The minimum atomic E-state index is -0.269. The summed E-state index contributed by atoms with van der Waals surface area (Å²) in [5, 5.41) is 0. The van der Waals surface area contributed by atoms with E-state index in [1.54, 1.807) is 0 Å². The highest BCUT2D eigenvalue weighted by molar-refractivity contribution is 5.71. The van der Waals surface area contributed by atoms with Crippen LogP contribution in [0, 0.1) is 0 Å². The normalized spacial score (nSPS) is 21.4. The highest BCUT2D eigenvalue weighted by atomic mass is 16.7. The Morgan fingerprint density at radius 3 is 2.14 bits per heavy atom. The van der Waals surface area contributed by atoms with E-state index in [0.29, 0.717) is 13.2 Å². The molecule has 0 aliphatic carbocycles. The summed E-state index contributed by atoms with van der Waals surface area (Å²) in [4.78, 5) is 20.2. The molecule has 0 unspecified atom stereocenters. The van der Waals surface area contributed by atoms with E-state index in [2.05, 4.69) is 14.2 Å². The molecule has 2 aliphatic heterocycles. The summed E-state index contributed by atoms with van der Waals surface area (Å²) in [6.07, 6.45) is 0.825. The molecule has 2 saturated heterocycles. The first kappa shape index (κ1) is 10.9. The molecular formula is C8H12O6. The minimum Gasteiger partial charge on any atom is -0.464 e. The standard InChI is InChI=1S/C5H8O3.C3H4O3/c6-5-4-7-2-1-3-8-5;4-3-1-5-2-6-3/h1-4H2;1-2H2. The fourth-order valence-electron chi connectivity index (χ4n) is 0.818. The molecule has 0 saturated carbocycles. The van der Waals surface area contributed by atoms with Crippen molar-refractivity contribution in [3.63, 3.8) is 0 Å². The van der Waals surface area contributed by atoms with Gasteiger partial charge in [0.1, 0.15) is 13.2 Å². The van der Waals surface area contributed by atoms with Crippen LogP contribution in [0.3, 0.4) is 0 Å². The van der Waals surface area contributed by atoms with Gasteiger partial charge in [0.2, 0.25) is 0 Å². The van der Waals surface area contributed by atoms with Crippen LogP contribution in [-0.2, 0) is 28.5 Å². The largest absolute Gasteiger partial charge is 0.464 e. The molecule has 0 spiro atoms. The van der Waals surface area contributed by atoms with Crippen molar-refractivity contribution in [2.75, 3.05) is 33.2 Å². The van der Waals surface area contributed by atoms with Gasteiger partial charge in [0, 0.05) is 6.42 Å². The first-order chi connectivity index (χ1) is 6.79. The van der Waals surface area contributed by atoms with Crippen LogP contribution in [0.2, 0.25) is 0 Å². The monoisotopic (exact) mass is 204 g/mol. The second-order valence-corrected chi connectivity index (χ2v) is 2.61. The lowest BCUT2D eigenvalue weighted by atomic mass is 10.5. The number of hydrogen-bond acceptors (Lipinski definition) is 6. The van der Waals surface area contributed by atoms with Crippen molar-refractivity contribution in [2.24, 2.45) is 0 Å². The second-order valence-electron chi connectivity index (χ2n) is 2.61. The van der Waals surface area contributed by atoms with Gasteiger partial charge in [0.15, 0.2) is 6.79 Å². The number of cyclic esters (lactones) is 2. The van der Waals surface area contributed by atoms with Crippen molar-refractivity contribution >= 4 is 11.9 Å². The van der Waals surface area contributed by atoms with Gasteiger partial charge >= 0.3 is 11.9 Å². The Morgan fingerprint density at radius 2 is 1.57 bits per heavy atom. The predicted octanol–water partition coefficient (Wildman–Crippen LogP) is -0.533. The van der Waals surface area contributed by atoms with Gasteiger partial charge in [-0.3, -0.25) is 0 Å². The SMILES string of the molecule is O=C1COCCCO1.O=C1COCO1. The maximum Gasteiger partial charge on any atom is 0.334 e. The zero-order valence-electron chi connectivity index (χ0n) is 7.69. The van der Waals surface area contributed by atoms with E-state index in [1.165, 1.54) is 0 Å². The Kier molecular flexibility index (Phi) is 4.95. The molecular weight excluding hydrogens is 192 g/mol. The molecule has 80 valence electrons. The lowest BCUT2D eigenvalue weighted by Gasteiger charge is -1.92. The first-order valence-corrected chi connectivity index (χ1v) is 4.26. The zero-order valence-corrected chi connectivity index (χ0v) is 7.69. The number of hydrogen-bond donors (Lipinski definition) is 0. The Bertz CT molecular complexity index is 184. The molecule has 0 radical (unpaired) electrons. The average molecular weight is 204 g/mol. The summed E-state index contributed by atoms with van der Waals surface area (Å²) in [6.45, 7) is 1.55. The molecule has 0 aromatic rings. The molecule has 6 nitrogen and oxygen atoms in total. The van der Waals surface area contributed by atoms with Crippen molar-refractivity contribution in [3.05, 3.63) is 0 Å². The van der Waals surface area contributed by atoms with Crippen molar-refractivity contribution in [1.29, 1.82) is 0 Å². The maximum atomic E-state index is 10.3. The highest BCUT2D eigenvalue weighted by Gasteiger charge is 2.08. The highest BCUT2D eigenvalue weighted by Crippen LogP contribution is 1.92. The van der Waals surface area contributed by atoms with Crippen LogP contribution in [-0.4, -0.2) is 45.2 Å². The van der Waals surface area contributed by atoms with Gasteiger partial charge in [0.05, 0.1) is 13.2 Å². The number of esters is 2. The number of carbonyl (C=O) groups excluding carboxylic acids is 2. The predicted molar refractivity (Wildman–Crippen MR) is 43.3 cm³/mol. The summed E-state index contributed by atoms with van der Waals surface area (Å²) in [6, 6.07) is 0. The molecule has 6 heteroatoms. The van der Waals surface area contributed by atoms with Gasteiger partial charge in [-0.25, -0.2) is 9.59 Å². The molecule has 0 amide bonds. The Balaban J connectivity index is 0.000000146. The number of rotatable bonds is 0. The van der Waals surface area contributed by atoms with E-state index in [0.717, 1.165) is 6.42 Å². The van der Waals surface area contributed by atoms with Crippen LogP contribution >= 0.6 is 0 Å². The van der Waals surface area contributed by atoms with Crippen LogP contribution < -0.4 is 0 Å². The topological polar surface area (TPSA) is 71.1 Å². The van der Waals surface area contributed by atoms with Gasteiger partial charge < -0.3 is 18.9 Å². The Morgan fingerprint density at radius 1 is 0.857 bits per heavy atom. The van der Waals surface area contributed by atoms with Crippen molar-refractivity contribution in [2.45, 2.75) is 6.42 Å². The molecule has 2 fully saturated rings. The van der Waals surface area contributed by atoms with Gasteiger partial charge in [-0.15, -0.1) is 0 Å². The Hall–Kier alpha value is -1.14. The van der Waals surface area contributed by atoms with Crippen LogP contribution in [0.4, 0.5) is 0 Å². The molecule has 14 heavy (non-hydrogen) atoms. The van der Waals surface area contributed by atoms with Crippen molar-refractivity contribution < 1.29 is 28.5 Å². The number of ether oxygens (including phenoxy) is 4. The number of carbonyl (C=O) groups is 2. The summed E-state index contributed by atoms with van der Waals surface area (Å²) < 4.78 is 18.2. The molecule has 0 atom stereocenters. The quantitative estimate of drug-likeness (QED) is 0.494. The maximum absolute atomic E-state index is 10.3. The van der Waals surface area contributed by atoms with Gasteiger partial charge in [-0.05, 0) is 0 Å². The zero-order chi connectivity index (χ0) is 10.2. The van der Waals surface area contributed by atoms with Crippen LogP contribution in [0.15, 0.2) is 0 Å². The van der Waals surface area contributed by atoms with Crippen molar-refractivity contribution in [1.82, 2.24) is 0 Å². The third-order valence-electron chi connectivity index (χ3n) is 1.44. The van der Waals surface area contributed by atoms with Crippen LogP contribution in [0.5, 0.6) is 0 Å². The molecule has 2 aliphatic rings. The van der Waals surface area contributed by atoms with E-state index in [1.807, 2.05) is 0 Å². The molecule has 0 N–H and O–H groups in total. The van der Waals surface area contributed by atoms with E-state index in [9.17, 15) is 9.59 Å². The molecule has 0 aromatic heterocycles. The third kappa shape index (κ3) is 4.78. The third-order valence-corrected chi connectivity index (χ3v) is 1.44. The second kappa shape index (κ2) is 6.33. The molecule has 2 rings (SSSR count).